The molecule has 4 aliphatic carbocycles. The maximum Gasteiger partial charge on any atom is 0.354 e. The van der Waals surface area contributed by atoms with Gasteiger partial charge >= 0.3 is 11.9 Å². The molecule has 4 aliphatic rings. The molecule has 1 aromatic rings. The van der Waals surface area contributed by atoms with Crippen molar-refractivity contribution in [1.29, 1.82) is 0 Å². The number of rotatable bonds is 6. The zero-order valence-corrected chi connectivity index (χ0v) is 17.4. The number of methoxy groups -OCH3 is 2. The molecular weight excluding hydrogens is 384 g/mol. The maximum atomic E-state index is 13.1. The van der Waals surface area contributed by atoms with Crippen molar-refractivity contribution in [2.24, 2.45) is 17.8 Å². The van der Waals surface area contributed by atoms with E-state index in [0.29, 0.717) is 11.3 Å². The minimum atomic E-state index is -0.705. The molecular formula is C23H28N2O5. The van der Waals surface area contributed by atoms with E-state index in [1.165, 1.54) is 33.5 Å². The van der Waals surface area contributed by atoms with Gasteiger partial charge in [-0.15, -0.1) is 0 Å². The van der Waals surface area contributed by atoms with E-state index in [9.17, 15) is 14.4 Å². The number of anilines is 1. The fraction of sp³-hybridized carbons (Fsp3) is 0.522. The number of hydrogen-bond donors (Lipinski definition) is 2. The van der Waals surface area contributed by atoms with Crippen molar-refractivity contribution < 1.29 is 23.9 Å². The highest BCUT2D eigenvalue weighted by Crippen LogP contribution is 2.55. The molecule has 30 heavy (non-hydrogen) atoms. The van der Waals surface area contributed by atoms with Crippen molar-refractivity contribution in [1.82, 2.24) is 5.32 Å². The van der Waals surface area contributed by atoms with E-state index in [0.717, 1.165) is 43.1 Å². The fourth-order valence-electron chi connectivity index (χ4n) is 5.90. The average molecular weight is 412 g/mol. The highest BCUT2D eigenvalue weighted by atomic mass is 16.5. The molecule has 0 unspecified atom stereocenters. The molecule has 1 amide bonds. The topological polar surface area (TPSA) is 93.7 Å². The molecule has 0 spiro atoms. The molecule has 4 fully saturated rings. The fourth-order valence-corrected chi connectivity index (χ4v) is 5.90. The van der Waals surface area contributed by atoms with Gasteiger partial charge in [-0.25, -0.2) is 9.59 Å². The van der Waals surface area contributed by atoms with Gasteiger partial charge in [0.05, 0.1) is 20.3 Å². The largest absolute Gasteiger partial charge is 0.466 e. The molecule has 160 valence electrons. The number of esters is 2. The van der Waals surface area contributed by atoms with Gasteiger partial charge in [-0.3, -0.25) is 4.79 Å². The van der Waals surface area contributed by atoms with Crippen molar-refractivity contribution in [3.05, 3.63) is 41.6 Å². The van der Waals surface area contributed by atoms with Gasteiger partial charge in [0, 0.05) is 16.8 Å². The molecule has 0 aliphatic heterocycles. The molecule has 2 N–H and O–H groups in total. The third-order valence-electron chi connectivity index (χ3n) is 6.69. The summed E-state index contributed by atoms with van der Waals surface area (Å²) >= 11 is 0. The van der Waals surface area contributed by atoms with Gasteiger partial charge < -0.3 is 20.1 Å². The number of ether oxygens (including phenoxy) is 2. The Morgan fingerprint density at radius 3 is 2.20 bits per heavy atom. The van der Waals surface area contributed by atoms with Crippen LogP contribution in [-0.2, 0) is 19.1 Å². The summed E-state index contributed by atoms with van der Waals surface area (Å²) in [4.78, 5) is 36.6. The van der Waals surface area contributed by atoms with Crippen molar-refractivity contribution in [2.45, 2.75) is 44.1 Å². The summed E-state index contributed by atoms with van der Waals surface area (Å²) in [5.41, 5.74) is 0.881. The molecule has 0 heterocycles. The number of nitrogens with one attached hydrogen (secondary N) is 2. The van der Waals surface area contributed by atoms with Crippen LogP contribution in [0.15, 0.2) is 36.0 Å². The molecule has 7 heteroatoms. The molecule has 1 aromatic carbocycles. The van der Waals surface area contributed by atoms with E-state index in [4.69, 9.17) is 4.74 Å². The Labute approximate surface area is 176 Å². The molecule has 0 radical (unpaired) electrons. The summed E-state index contributed by atoms with van der Waals surface area (Å²) in [5, 5.41) is 6.21. The minimum Gasteiger partial charge on any atom is -0.466 e. The molecule has 4 saturated carbocycles. The summed E-state index contributed by atoms with van der Waals surface area (Å²) in [5.74, 6) is 0.751. The zero-order chi connectivity index (χ0) is 21.3. The van der Waals surface area contributed by atoms with Crippen LogP contribution in [0.25, 0.3) is 0 Å². The Hall–Kier alpha value is -2.83. The second-order valence-electron chi connectivity index (χ2n) is 8.93. The van der Waals surface area contributed by atoms with E-state index in [1.807, 2.05) is 0 Å². The van der Waals surface area contributed by atoms with Crippen LogP contribution < -0.4 is 10.6 Å². The number of amides is 1. The Kier molecular flexibility index (Phi) is 5.54. The lowest BCUT2D eigenvalue weighted by Crippen LogP contribution is -2.59. The highest BCUT2D eigenvalue weighted by Gasteiger charge is 2.51. The van der Waals surface area contributed by atoms with Crippen LogP contribution >= 0.6 is 0 Å². The van der Waals surface area contributed by atoms with Crippen LogP contribution in [0, 0.1) is 17.8 Å². The number of carbonyl (C=O) groups is 3. The van der Waals surface area contributed by atoms with Gasteiger partial charge in [-0.1, -0.05) is 6.07 Å². The smallest absolute Gasteiger partial charge is 0.354 e. The lowest BCUT2D eigenvalue weighted by molar-refractivity contribution is -0.138. The van der Waals surface area contributed by atoms with E-state index in [1.54, 1.807) is 24.3 Å². The Morgan fingerprint density at radius 1 is 1.00 bits per heavy atom. The van der Waals surface area contributed by atoms with Crippen LogP contribution in [0.4, 0.5) is 5.69 Å². The van der Waals surface area contributed by atoms with Gasteiger partial charge in [0.1, 0.15) is 5.70 Å². The molecule has 7 nitrogen and oxygen atoms in total. The maximum absolute atomic E-state index is 13.1. The lowest BCUT2D eigenvalue weighted by Gasteiger charge is -2.56. The van der Waals surface area contributed by atoms with E-state index < -0.39 is 11.9 Å². The summed E-state index contributed by atoms with van der Waals surface area (Å²) in [7, 11) is 2.45. The lowest BCUT2D eigenvalue weighted by atomic mass is 9.53. The van der Waals surface area contributed by atoms with E-state index >= 15 is 0 Å². The Balaban J connectivity index is 1.49. The standard InChI is InChI=1S/C23H28N2O5/c1-29-20(26)10-19(22(28)30-2)24-18-5-3-4-17(9-18)21(27)25-23-11-14-6-15(12-23)8-16(7-14)13-23/h3-5,9-10,14-16,24H,6-8,11-13H2,1-2H3,(H,25,27)/b19-10+. The van der Waals surface area contributed by atoms with Gasteiger partial charge in [0.15, 0.2) is 0 Å². The third kappa shape index (κ3) is 4.20. The van der Waals surface area contributed by atoms with Crippen molar-refractivity contribution >= 4 is 23.5 Å². The van der Waals surface area contributed by atoms with Crippen LogP contribution in [-0.4, -0.2) is 37.6 Å². The van der Waals surface area contributed by atoms with Crippen LogP contribution in [0.5, 0.6) is 0 Å². The molecule has 4 bridgehead atoms. The highest BCUT2D eigenvalue weighted by molar-refractivity contribution is 5.99. The first-order valence-corrected chi connectivity index (χ1v) is 10.5. The van der Waals surface area contributed by atoms with E-state index in [-0.39, 0.29) is 17.1 Å². The SMILES string of the molecule is COC(=O)/C=C(/Nc1cccc(C(=O)NC23CC4CC(CC(C4)C2)C3)c1)C(=O)OC. The van der Waals surface area contributed by atoms with Gasteiger partial charge in [0.25, 0.3) is 5.91 Å². The number of benzene rings is 1. The first kappa shape index (κ1) is 20.4. The van der Waals surface area contributed by atoms with Crippen molar-refractivity contribution in [3.63, 3.8) is 0 Å². The summed E-state index contributed by atoms with van der Waals surface area (Å²) in [6, 6.07) is 6.88. The molecule has 0 atom stereocenters. The second-order valence-corrected chi connectivity index (χ2v) is 8.93. The Bertz CT molecular complexity index is 856. The van der Waals surface area contributed by atoms with Crippen LogP contribution in [0.1, 0.15) is 48.9 Å². The second kappa shape index (κ2) is 8.13. The summed E-state index contributed by atoms with van der Waals surface area (Å²) < 4.78 is 9.29. The normalized spacial score (nSPS) is 29.3. The van der Waals surface area contributed by atoms with Crippen molar-refractivity contribution in [2.75, 3.05) is 19.5 Å². The monoisotopic (exact) mass is 412 g/mol. The third-order valence-corrected chi connectivity index (χ3v) is 6.69. The van der Waals surface area contributed by atoms with E-state index in [2.05, 4.69) is 15.4 Å². The van der Waals surface area contributed by atoms with Gasteiger partial charge in [0.2, 0.25) is 0 Å². The molecule has 0 aromatic heterocycles. The zero-order valence-electron chi connectivity index (χ0n) is 17.4. The Morgan fingerprint density at radius 2 is 1.63 bits per heavy atom. The van der Waals surface area contributed by atoms with Crippen LogP contribution in [0.3, 0.4) is 0 Å². The predicted octanol–water partition coefficient (Wildman–Crippen LogP) is 3.03. The first-order chi connectivity index (χ1) is 14.4. The summed E-state index contributed by atoms with van der Waals surface area (Å²) in [6.45, 7) is 0. The van der Waals surface area contributed by atoms with Crippen molar-refractivity contribution in [3.8, 4) is 0 Å². The quantitative estimate of drug-likeness (QED) is 0.551. The molecule has 0 saturated heterocycles. The average Bonchev–Trinajstić information content (AvgIpc) is 2.71. The number of hydrogen-bond acceptors (Lipinski definition) is 6. The first-order valence-electron chi connectivity index (χ1n) is 10.5. The minimum absolute atomic E-state index is 0.0667. The van der Waals surface area contributed by atoms with Gasteiger partial charge in [-0.05, 0) is 74.5 Å². The molecule has 5 rings (SSSR count). The summed E-state index contributed by atoms with van der Waals surface area (Å²) in [6.07, 6.45) is 8.21. The van der Waals surface area contributed by atoms with Gasteiger partial charge in [-0.2, -0.15) is 0 Å². The predicted molar refractivity (Wildman–Crippen MR) is 111 cm³/mol. The van der Waals surface area contributed by atoms with Crippen LogP contribution in [0.2, 0.25) is 0 Å². The number of carbonyl (C=O) groups excluding carboxylic acids is 3.